The third kappa shape index (κ3) is 4.07. The molecule has 0 aliphatic carbocycles. The Hall–Kier alpha value is -1.95. The number of halogens is 1. The highest BCUT2D eigenvalue weighted by molar-refractivity contribution is 6.30. The van der Waals surface area contributed by atoms with Gasteiger partial charge in [0.15, 0.2) is 0 Å². The third-order valence-corrected chi connectivity index (χ3v) is 4.39. The van der Waals surface area contributed by atoms with Gasteiger partial charge in [-0.2, -0.15) is 0 Å². The minimum absolute atomic E-state index is 0.0523. The van der Waals surface area contributed by atoms with E-state index in [1.54, 1.807) is 37.1 Å². The van der Waals surface area contributed by atoms with Crippen LogP contribution in [-0.4, -0.2) is 48.6 Å². The molecule has 1 saturated heterocycles. The van der Waals surface area contributed by atoms with Gasteiger partial charge in [0, 0.05) is 31.1 Å². The Bertz CT molecular complexity index is 608. The van der Waals surface area contributed by atoms with Crippen LogP contribution in [0.4, 0.5) is 5.69 Å². The molecule has 1 aromatic rings. The molecule has 2 N–H and O–H groups in total. The van der Waals surface area contributed by atoms with E-state index in [0.717, 1.165) is 5.69 Å². The highest BCUT2D eigenvalue weighted by Gasteiger charge is 2.41. The molecular weight excluding hydrogens is 320 g/mol. The third-order valence-electron chi connectivity index (χ3n) is 4.16. The van der Waals surface area contributed by atoms with Crippen molar-refractivity contribution in [1.82, 2.24) is 4.90 Å². The van der Waals surface area contributed by atoms with E-state index in [1.807, 2.05) is 0 Å². The van der Waals surface area contributed by atoms with Crippen LogP contribution in [0.2, 0.25) is 5.02 Å². The summed E-state index contributed by atoms with van der Waals surface area (Å²) in [5.74, 6) is -0.250. The number of amides is 1. The first-order valence-corrected chi connectivity index (χ1v) is 7.82. The molecule has 1 atom stereocenters. The molecule has 1 aromatic carbocycles. The monoisotopic (exact) mass is 340 g/mol. The Balaban J connectivity index is 1.86. The number of nitrogens with zero attached hydrogens (tertiary/aromatic N) is 1. The molecule has 6 nitrogen and oxygen atoms in total. The van der Waals surface area contributed by atoms with Gasteiger partial charge in [0.05, 0.1) is 18.2 Å². The topological polar surface area (TPSA) is 78.9 Å². The van der Waals surface area contributed by atoms with Crippen LogP contribution in [0.5, 0.6) is 5.75 Å². The number of carbonyl (C=O) groups excluding carboxylic acids is 1. The van der Waals surface area contributed by atoms with Gasteiger partial charge in [0.25, 0.3) is 0 Å². The van der Waals surface area contributed by atoms with E-state index in [1.165, 1.54) is 0 Å². The molecule has 1 fully saturated rings. The van der Waals surface area contributed by atoms with Crippen LogP contribution in [0, 0.1) is 5.41 Å². The van der Waals surface area contributed by atoms with E-state index in [-0.39, 0.29) is 18.9 Å². The van der Waals surface area contributed by atoms with Crippen molar-refractivity contribution in [1.29, 1.82) is 0 Å². The average Bonchev–Trinajstić information content (AvgIpc) is 2.91. The van der Waals surface area contributed by atoms with Crippen LogP contribution in [-0.2, 0) is 9.59 Å². The van der Waals surface area contributed by atoms with Gasteiger partial charge in [-0.3, -0.25) is 9.59 Å². The lowest BCUT2D eigenvalue weighted by Gasteiger charge is -2.20. The van der Waals surface area contributed by atoms with Gasteiger partial charge in [-0.15, -0.1) is 0 Å². The lowest BCUT2D eigenvalue weighted by Crippen LogP contribution is -2.35. The fourth-order valence-electron chi connectivity index (χ4n) is 2.63. The van der Waals surface area contributed by atoms with Crippen molar-refractivity contribution in [3.8, 4) is 5.75 Å². The van der Waals surface area contributed by atoms with Crippen molar-refractivity contribution in [2.45, 2.75) is 19.8 Å². The second-order valence-corrected chi connectivity index (χ2v) is 6.39. The molecule has 1 unspecified atom stereocenters. The molecule has 0 radical (unpaired) electrons. The molecule has 1 aliphatic rings. The van der Waals surface area contributed by atoms with Crippen LogP contribution >= 0.6 is 11.6 Å². The number of hydrogen-bond acceptors (Lipinski definition) is 4. The Morgan fingerprint density at radius 2 is 2.22 bits per heavy atom. The summed E-state index contributed by atoms with van der Waals surface area (Å²) in [5, 5.41) is 12.9. The summed E-state index contributed by atoms with van der Waals surface area (Å²) in [4.78, 5) is 25.0. The second-order valence-electron chi connectivity index (χ2n) is 5.95. The largest absolute Gasteiger partial charge is 0.495 e. The molecule has 7 heteroatoms. The van der Waals surface area contributed by atoms with E-state index < -0.39 is 11.4 Å². The molecule has 0 aromatic heterocycles. The number of carboxylic acid groups (broad SMARTS) is 1. The molecule has 126 valence electrons. The van der Waals surface area contributed by atoms with Crippen LogP contribution in [0.25, 0.3) is 0 Å². The van der Waals surface area contributed by atoms with Gasteiger partial charge in [-0.1, -0.05) is 11.6 Å². The number of benzene rings is 1. The van der Waals surface area contributed by atoms with Crippen molar-refractivity contribution in [3.05, 3.63) is 23.2 Å². The van der Waals surface area contributed by atoms with Crippen LogP contribution in [0.1, 0.15) is 19.8 Å². The number of carbonyl (C=O) groups is 2. The number of aliphatic carboxylic acids is 1. The highest BCUT2D eigenvalue weighted by atomic mass is 35.5. The maximum Gasteiger partial charge on any atom is 0.311 e. The summed E-state index contributed by atoms with van der Waals surface area (Å²) in [5.41, 5.74) is -0.108. The first kappa shape index (κ1) is 17.4. The second kappa shape index (κ2) is 7.08. The van der Waals surface area contributed by atoms with E-state index in [0.29, 0.717) is 30.3 Å². The molecule has 1 heterocycles. The molecule has 1 amide bonds. The molecular formula is C16H21ClN2O4. The van der Waals surface area contributed by atoms with E-state index in [2.05, 4.69) is 5.32 Å². The molecule has 1 aliphatic heterocycles. The molecule has 2 rings (SSSR count). The molecule has 0 spiro atoms. The summed E-state index contributed by atoms with van der Waals surface area (Å²) in [6, 6.07) is 5.22. The lowest BCUT2D eigenvalue weighted by atomic mass is 9.90. The SMILES string of the molecule is COc1ccc(Cl)cc1NCCC(=O)N1CCC(C)(C(=O)O)C1. The highest BCUT2D eigenvalue weighted by Crippen LogP contribution is 2.31. The Labute approximate surface area is 140 Å². The molecule has 0 saturated carbocycles. The van der Waals surface area contributed by atoms with Crippen LogP contribution < -0.4 is 10.1 Å². The number of methoxy groups -OCH3 is 1. The maximum absolute atomic E-state index is 12.2. The summed E-state index contributed by atoms with van der Waals surface area (Å²) in [6.07, 6.45) is 0.773. The first-order valence-electron chi connectivity index (χ1n) is 7.44. The maximum atomic E-state index is 12.2. The van der Waals surface area contributed by atoms with E-state index in [9.17, 15) is 14.7 Å². The van der Waals surface area contributed by atoms with Gasteiger partial charge < -0.3 is 20.1 Å². The van der Waals surface area contributed by atoms with Gasteiger partial charge in [0.1, 0.15) is 5.75 Å². The molecule has 0 bridgehead atoms. The van der Waals surface area contributed by atoms with Gasteiger partial charge in [-0.25, -0.2) is 0 Å². The van der Waals surface area contributed by atoms with Crippen LogP contribution in [0.15, 0.2) is 18.2 Å². The summed E-state index contributed by atoms with van der Waals surface area (Å²) in [7, 11) is 1.57. The minimum atomic E-state index is -0.852. The number of ether oxygens (including phenoxy) is 1. The summed E-state index contributed by atoms with van der Waals surface area (Å²) < 4.78 is 5.23. The van der Waals surface area contributed by atoms with Crippen molar-refractivity contribution < 1.29 is 19.4 Å². The normalized spacial score (nSPS) is 20.4. The number of carboxylic acids is 1. The van der Waals surface area contributed by atoms with Gasteiger partial charge in [0.2, 0.25) is 5.91 Å². The lowest BCUT2D eigenvalue weighted by molar-refractivity contribution is -0.147. The quantitative estimate of drug-likeness (QED) is 0.831. The first-order chi connectivity index (χ1) is 10.9. The van der Waals surface area contributed by atoms with Gasteiger partial charge in [-0.05, 0) is 31.5 Å². The van der Waals surface area contributed by atoms with Crippen molar-refractivity contribution in [2.75, 3.05) is 32.1 Å². The van der Waals surface area contributed by atoms with Crippen molar-refractivity contribution in [3.63, 3.8) is 0 Å². The van der Waals surface area contributed by atoms with E-state index >= 15 is 0 Å². The zero-order valence-electron chi connectivity index (χ0n) is 13.3. The number of likely N-dealkylation sites (tertiary alicyclic amines) is 1. The standard InChI is InChI=1S/C16H21ClN2O4/c1-16(15(21)22)6-8-19(10-16)14(20)5-7-18-12-9-11(17)3-4-13(12)23-2/h3-4,9,18H,5-8,10H2,1-2H3,(H,21,22). The van der Waals surface area contributed by atoms with Crippen molar-refractivity contribution in [2.24, 2.45) is 5.41 Å². The number of rotatable bonds is 6. The number of hydrogen-bond donors (Lipinski definition) is 2. The van der Waals surface area contributed by atoms with Crippen LogP contribution in [0.3, 0.4) is 0 Å². The average molecular weight is 341 g/mol. The minimum Gasteiger partial charge on any atom is -0.495 e. The zero-order chi connectivity index (χ0) is 17.0. The summed E-state index contributed by atoms with van der Waals surface area (Å²) >= 11 is 5.95. The predicted octanol–water partition coefficient (Wildman–Crippen LogP) is 2.47. The number of nitrogens with one attached hydrogen (secondary N) is 1. The number of anilines is 1. The van der Waals surface area contributed by atoms with Gasteiger partial charge >= 0.3 is 5.97 Å². The Kier molecular flexibility index (Phi) is 5.36. The fourth-order valence-corrected chi connectivity index (χ4v) is 2.80. The van der Waals surface area contributed by atoms with Crippen molar-refractivity contribution >= 4 is 29.2 Å². The Morgan fingerprint density at radius 3 is 2.83 bits per heavy atom. The Morgan fingerprint density at radius 1 is 1.48 bits per heavy atom. The molecule has 23 heavy (non-hydrogen) atoms. The predicted molar refractivity (Wildman–Crippen MR) is 88.1 cm³/mol. The zero-order valence-corrected chi connectivity index (χ0v) is 14.0. The summed E-state index contributed by atoms with van der Waals surface area (Å²) in [6.45, 7) is 2.86. The fraction of sp³-hybridized carbons (Fsp3) is 0.500. The van der Waals surface area contributed by atoms with E-state index in [4.69, 9.17) is 16.3 Å². The smallest absolute Gasteiger partial charge is 0.311 e.